The summed E-state index contributed by atoms with van der Waals surface area (Å²) in [5.74, 6) is 0.912. The second-order valence-electron chi connectivity index (χ2n) is 2.51. The maximum Gasteiger partial charge on any atom is 0.162 e. The van der Waals surface area contributed by atoms with Crippen LogP contribution in [0.25, 0.3) is 0 Å². The van der Waals surface area contributed by atoms with E-state index in [-0.39, 0.29) is 6.10 Å². The first-order valence-corrected chi connectivity index (χ1v) is 3.02. The molecular weight excluding hydrogens is 104 g/mol. The highest BCUT2D eigenvalue weighted by Gasteiger charge is 2.43. The summed E-state index contributed by atoms with van der Waals surface area (Å²) < 4.78 is 5.11. The van der Waals surface area contributed by atoms with Crippen LogP contribution in [0, 0.1) is 5.92 Å². The van der Waals surface area contributed by atoms with Crippen LogP contribution in [0.15, 0.2) is 0 Å². The normalized spacial score (nSPS) is 43.8. The van der Waals surface area contributed by atoms with Crippen molar-refractivity contribution in [2.75, 3.05) is 6.61 Å². The summed E-state index contributed by atoms with van der Waals surface area (Å²) in [5, 5.41) is 0. The fourth-order valence-corrected chi connectivity index (χ4v) is 1.41. The third-order valence-electron chi connectivity index (χ3n) is 1.99. The minimum atomic E-state index is 0.0231. The fraction of sp³-hybridized carbons (Fsp3) is 0.833. The summed E-state index contributed by atoms with van der Waals surface area (Å²) >= 11 is 0. The van der Waals surface area contributed by atoms with Crippen molar-refractivity contribution in [1.82, 2.24) is 0 Å². The number of ether oxygens (including phenoxy) is 1. The second-order valence-corrected chi connectivity index (χ2v) is 2.51. The Morgan fingerprint density at radius 3 is 3.00 bits per heavy atom. The Morgan fingerprint density at radius 2 is 2.50 bits per heavy atom. The molecule has 2 atom stereocenters. The van der Waals surface area contributed by atoms with E-state index in [1.54, 1.807) is 0 Å². The van der Waals surface area contributed by atoms with Gasteiger partial charge in [0.15, 0.2) is 5.78 Å². The minimum Gasteiger partial charge on any atom is -0.370 e. The van der Waals surface area contributed by atoms with Crippen LogP contribution < -0.4 is 0 Å². The average Bonchev–Trinajstić information content (AvgIpc) is 2.09. The molecule has 1 heterocycles. The Morgan fingerprint density at radius 1 is 1.62 bits per heavy atom. The van der Waals surface area contributed by atoms with E-state index >= 15 is 0 Å². The number of hydrogen-bond donors (Lipinski definition) is 0. The van der Waals surface area contributed by atoms with E-state index in [1.165, 1.54) is 0 Å². The molecule has 0 aromatic heterocycles. The van der Waals surface area contributed by atoms with Gasteiger partial charge in [-0.2, -0.15) is 0 Å². The van der Waals surface area contributed by atoms with Crippen LogP contribution in [-0.2, 0) is 9.53 Å². The molecule has 2 rings (SSSR count). The topological polar surface area (TPSA) is 26.3 Å². The molecule has 2 fully saturated rings. The van der Waals surface area contributed by atoms with Crippen molar-refractivity contribution >= 4 is 5.78 Å². The van der Waals surface area contributed by atoms with E-state index < -0.39 is 0 Å². The number of rotatable bonds is 0. The zero-order chi connectivity index (χ0) is 5.56. The minimum absolute atomic E-state index is 0.0231. The molecule has 0 amide bonds. The van der Waals surface area contributed by atoms with E-state index in [4.69, 9.17) is 4.74 Å². The first-order chi connectivity index (χ1) is 3.88. The standard InChI is InChI=1S/C6H8O2/c7-5-3-4-1-2-8-6(4)5/h4,6H,1-3H2/t4-,6-/m0/s1. The lowest BCUT2D eigenvalue weighted by Gasteiger charge is -2.25. The Labute approximate surface area is 47.8 Å². The van der Waals surface area contributed by atoms with E-state index in [1.807, 2.05) is 0 Å². The van der Waals surface area contributed by atoms with Crippen molar-refractivity contribution < 1.29 is 9.53 Å². The van der Waals surface area contributed by atoms with E-state index in [9.17, 15) is 4.79 Å². The predicted octanol–water partition coefficient (Wildman–Crippen LogP) is 0.364. The van der Waals surface area contributed by atoms with E-state index in [0.29, 0.717) is 11.7 Å². The van der Waals surface area contributed by atoms with Crippen molar-refractivity contribution in [3.05, 3.63) is 0 Å². The van der Waals surface area contributed by atoms with Gasteiger partial charge >= 0.3 is 0 Å². The molecule has 0 aromatic rings. The molecule has 0 N–H and O–H groups in total. The van der Waals surface area contributed by atoms with Gasteiger partial charge in [0.2, 0.25) is 0 Å². The fourth-order valence-electron chi connectivity index (χ4n) is 1.41. The molecule has 44 valence electrons. The Bertz CT molecular complexity index is 130. The summed E-state index contributed by atoms with van der Waals surface area (Å²) in [6.45, 7) is 0.807. The molecule has 0 aromatic carbocycles. The summed E-state index contributed by atoms with van der Waals surface area (Å²) in [6.07, 6.45) is 1.91. The first kappa shape index (κ1) is 4.50. The van der Waals surface area contributed by atoms with Gasteiger partial charge in [-0.3, -0.25) is 4.79 Å². The zero-order valence-electron chi connectivity index (χ0n) is 4.59. The molecule has 0 unspecified atom stereocenters. The van der Waals surface area contributed by atoms with Crippen molar-refractivity contribution in [2.24, 2.45) is 5.92 Å². The number of fused-ring (bicyclic) bond motifs is 1. The highest BCUT2D eigenvalue weighted by Crippen LogP contribution is 2.34. The quantitative estimate of drug-likeness (QED) is 0.452. The summed E-state index contributed by atoms with van der Waals surface area (Å²) in [4.78, 5) is 10.6. The lowest BCUT2D eigenvalue weighted by atomic mass is 9.81. The van der Waals surface area contributed by atoms with Crippen LogP contribution in [0.4, 0.5) is 0 Å². The molecule has 1 aliphatic carbocycles. The highest BCUT2D eigenvalue weighted by molar-refractivity contribution is 5.90. The molecule has 2 heteroatoms. The van der Waals surface area contributed by atoms with Gasteiger partial charge in [-0.1, -0.05) is 0 Å². The van der Waals surface area contributed by atoms with Crippen molar-refractivity contribution in [1.29, 1.82) is 0 Å². The Balaban J connectivity index is 2.11. The van der Waals surface area contributed by atoms with Gasteiger partial charge in [-0.15, -0.1) is 0 Å². The average molecular weight is 112 g/mol. The number of Topliss-reactive ketones (excluding diaryl/α,β-unsaturated/α-hetero) is 1. The van der Waals surface area contributed by atoms with Crippen molar-refractivity contribution in [2.45, 2.75) is 18.9 Å². The van der Waals surface area contributed by atoms with E-state index in [0.717, 1.165) is 19.4 Å². The Hall–Kier alpha value is -0.370. The van der Waals surface area contributed by atoms with Crippen LogP contribution in [0.3, 0.4) is 0 Å². The smallest absolute Gasteiger partial charge is 0.162 e. The third-order valence-corrected chi connectivity index (χ3v) is 1.99. The third kappa shape index (κ3) is 0.388. The number of carbonyl (C=O) groups is 1. The highest BCUT2D eigenvalue weighted by atomic mass is 16.5. The number of hydrogen-bond acceptors (Lipinski definition) is 2. The van der Waals surface area contributed by atoms with Gasteiger partial charge in [0.1, 0.15) is 6.10 Å². The van der Waals surface area contributed by atoms with Gasteiger partial charge in [0.25, 0.3) is 0 Å². The number of carbonyl (C=O) groups excluding carboxylic acids is 1. The molecule has 8 heavy (non-hydrogen) atoms. The molecular formula is C6H8O2. The van der Waals surface area contributed by atoms with Crippen LogP contribution in [0.5, 0.6) is 0 Å². The van der Waals surface area contributed by atoms with Crippen LogP contribution in [0.1, 0.15) is 12.8 Å². The molecule has 0 spiro atoms. The van der Waals surface area contributed by atoms with Crippen LogP contribution in [0.2, 0.25) is 0 Å². The summed E-state index contributed by atoms with van der Waals surface area (Å²) in [7, 11) is 0. The summed E-state index contributed by atoms with van der Waals surface area (Å²) in [5.41, 5.74) is 0. The van der Waals surface area contributed by atoms with Gasteiger partial charge in [0.05, 0.1) is 0 Å². The Kier molecular flexibility index (Phi) is 0.742. The second kappa shape index (κ2) is 1.32. The van der Waals surface area contributed by atoms with Crippen LogP contribution >= 0.6 is 0 Å². The maximum atomic E-state index is 10.6. The zero-order valence-corrected chi connectivity index (χ0v) is 4.59. The molecule has 2 nitrogen and oxygen atoms in total. The monoisotopic (exact) mass is 112 g/mol. The largest absolute Gasteiger partial charge is 0.370 e. The maximum absolute atomic E-state index is 10.6. The molecule has 1 saturated carbocycles. The molecule has 2 aliphatic rings. The molecule has 0 bridgehead atoms. The first-order valence-electron chi connectivity index (χ1n) is 3.02. The summed E-state index contributed by atoms with van der Waals surface area (Å²) in [6, 6.07) is 0. The van der Waals surface area contributed by atoms with Crippen molar-refractivity contribution in [3.8, 4) is 0 Å². The molecule has 0 radical (unpaired) electrons. The molecule has 1 aliphatic heterocycles. The SMILES string of the molecule is O=C1C[C@@H]2CCO[C@H]12. The van der Waals surface area contributed by atoms with Crippen molar-refractivity contribution in [3.63, 3.8) is 0 Å². The molecule has 1 saturated heterocycles. The van der Waals surface area contributed by atoms with Gasteiger partial charge in [-0.25, -0.2) is 0 Å². The predicted molar refractivity (Wildman–Crippen MR) is 27.5 cm³/mol. The lowest BCUT2D eigenvalue weighted by molar-refractivity contribution is -0.139. The van der Waals surface area contributed by atoms with Crippen LogP contribution in [-0.4, -0.2) is 18.5 Å². The van der Waals surface area contributed by atoms with E-state index in [2.05, 4.69) is 0 Å². The van der Waals surface area contributed by atoms with Gasteiger partial charge in [0, 0.05) is 18.9 Å². The van der Waals surface area contributed by atoms with Gasteiger partial charge in [-0.05, 0) is 6.42 Å². The van der Waals surface area contributed by atoms with Gasteiger partial charge < -0.3 is 4.74 Å². The lowest BCUT2D eigenvalue weighted by Crippen LogP contribution is -2.39. The number of ketones is 1.